The van der Waals surface area contributed by atoms with E-state index in [1.54, 1.807) is 7.05 Å². The molecule has 5 rings (SSSR count). The second-order valence-electron chi connectivity index (χ2n) is 16.7. The van der Waals surface area contributed by atoms with Crippen LogP contribution in [0.2, 0.25) is 0 Å². The monoisotopic (exact) mass is 813 g/mol. The summed E-state index contributed by atoms with van der Waals surface area (Å²) in [5.74, 6) is 10.3. The van der Waals surface area contributed by atoms with E-state index in [2.05, 4.69) is 93.5 Å². The predicted molar refractivity (Wildman–Crippen MR) is 235 cm³/mol. The van der Waals surface area contributed by atoms with Gasteiger partial charge in [0, 0.05) is 44.9 Å². The largest absolute Gasteiger partial charge is 0.449 e. The SMILES string of the molecule is CCC(CC)NC(=O)OCC1[C@H]2CCC#CCC[C@@H]12.CCC(CC)NC(=O)OC[C@@H]1[C@@H]2CCc3c(nnn3CCCC(=O)NC)CC[C@@H]21.CCCCC.CCCCC. The van der Waals surface area contributed by atoms with E-state index in [1.807, 2.05) is 4.68 Å². The number of aromatic nitrogens is 3. The van der Waals surface area contributed by atoms with Crippen LogP contribution in [0.15, 0.2) is 0 Å². The van der Waals surface area contributed by atoms with Crippen molar-refractivity contribution in [1.82, 2.24) is 30.9 Å². The fraction of sp³-hybridized carbons (Fsp3) is 0.851. The van der Waals surface area contributed by atoms with E-state index in [-0.39, 0.29) is 30.2 Å². The van der Waals surface area contributed by atoms with Gasteiger partial charge in [-0.3, -0.25) is 4.79 Å². The molecule has 2 fully saturated rings. The number of carbonyl (C=O) groups excluding carboxylic acids is 3. The minimum atomic E-state index is -0.283. The highest BCUT2D eigenvalue weighted by Crippen LogP contribution is 2.53. The summed E-state index contributed by atoms with van der Waals surface area (Å²) >= 11 is 0. The standard InChI is InChI=1S/C21H35N5O3.C16H25NO2.2C5H12/c1-4-14(5-2)23-21(28)29-13-17-15-8-10-18-19(11-9-16(15)17)26(25-24-18)12-6-7-20(27)22-3;1-3-12(4-2)17-16(18)19-11-15-13-9-7-5-6-8-10-14(13)15;2*1-3-5-4-2/h14-17H,4-13H2,1-3H3,(H,22,27)(H,23,28);12-15H,3-4,7-11H2,1-2H3,(H,17,18);2*3-5H2,1-2H3/t15-,16+,17-;13-,14+,15?;;/m0.../s1. The van der Waals surface area contributed by atoms with Gasteiger partial charge in [-0.2, -0.15) is 0 Å². The Balaban J connectivity index is 0.000000341. The highest BCUT2D eigenvalue weighted by molar-refractivity contribution is 5.75. The zero-order chi connectivity index (χ0) is 42.7. The van der Waals surface area contributed by atoms with Gasteiger partial charge in [0.25, 0.3) is 0 Å². The molecule has 332 valence electrons. The number of nitrogens with one attached hydrogen (secondary N) is 3. The Morgan fingerprint density at radius 2 is 1.12 bits per heavy atom. The molecule has 58 heavy (non-hydrogen) atoms. The average molecular weight is 813 g/mol. The van der Waals surface area contributed by atoms with Gasteiger partial charge in [-0.15, -0.1) is 16.9 Å². The van der Waals surface area contributed by atoms with Crippen LogP contribution in [0, 0.1) is 47.3 Å². The van der Waals surface area contributed by atoms with Crippen LogP contribution in [0.1, 0.15) is 182 Å². The first-order valence-corrected chi connectivity index (χ1v) is 23.6. The maximum Gasteiger partial charge on any atom is 0.407 e. The molecule has 4 aliphatic carbocycles. The van der Waals surface area contributed by atoms with Gasteiger partial charge >= 0.3 is 12.2 Å². The molecule has 0 aromatic carbocycles. The molecule has 11 heteroatoms. The van der Waals surface area contributed by atoms with Gasteiger partial charge in [0.2, 0.25) is 5.91 Å². The fourth-order valence-electron chi connectivity index (χ4n) is 8.50. The zero-order valence-corrected chi connectivity index (χ0v) is 38.3. The van der Waals surface area contributed by atoms with Gasteiger partial charge in [-0.05, 0) is 106 Å². The number of nitrogens with zero attached hydrogens (tertiary/aromatic N) is 3. The Morgan fingerprint density at radius 1 is 0.672 bits per heavy atom. The van der Waals surface area contributed by atoms with Crippen molar-refractivity contribution in [2.24, 2.45) is 35.5 Å². The normalized spacial score (nSPS) is 22.2. The van der Waals surface area contributed by atoms with Crippen molar-refractivity contribution in [1.29, 1.82) is 0 Å². The molecule has 0 aliphatic heterocycles. The quantitative estimate of drug-likeness (QED) is 0.126. The summed E-state index contributed by atoms with van der Waals surface area (Å²) in [6, 6.07) is 0.441. The van der Waals surface area contributed by atoms with Crippen LogP contribution >= 0.6 is 0 Å². The molecule has 0 radical (unpaired) electrons. The Kier molecular flexibility index (Phi) is 26.2. The Hall–Kier alpha value is -3.29. The van der Waals surface area contributed by atoms with Crippen LogP contribution in [0.25, 0.3) is 0 Å². The molecular formula is C47H84N6O5. The molecule has 11 nitrogen and oxygen atoms in total. The summed E-state index contributed by atoms with van der Waals surface area (Å²) in [7, 11) is 1.66. The lowest BCUT2D eigenvalue weighted by atomic mass is 10.0. The third kappa shape index (κ3) is 18.7. The van der Waals surface area contributed by atoms with Gasteiger partial charge < -0.3 is 25.4 Å². The third-order valence-electron chi connectivity index (χ3n) is 12.6. The molecule has 6 atom stereocenters. The first-order valence-electron chi connectivity index (χ1n) is 23.6. The summed E-state index contributed by atoms with van der Waals surface area (Å²) in [6.45, 7) is 19.0. The molecule has 3 amide bonds. The average Bonchev–Trinajstić information content (AvgIpc) is 4.03. The summed E-state index contributed by atoms with van der Waals surface area (Å²) in [4.78, 5) is 35.1. The number of aryl methyl sites for hydroxylation is 2. The van der Waals surface area contributed by atoms with E-state index in [9.17, 15) is 14.4 Å². The minimum Gasteiger partial charge on any atom is -0.449 e. The molecular weight excluding hydrogens is 729 g/mol. The van der Waals surface area contributed by atoms with Gasteiger partial charge in [0.15, 0.2) is 0 Å². The van der Waals surface area contributed by atoms with E-state index in [4.69, 9.17) is 9.47 Å². The maximum atomic E-state index is 12.0. The van der Waals surface area contributed by atoms with Gasteiger partial charge in [-0.1, -0.05) is 99.1 Å². The van der Waals surface area contributed by atoms with Crippen molar-refractivity contribution in [2.75, 3.05) is 20.3 Å². The fourth-order valence-corrected chi connectivity index (χ4v) is 8.50. The van der Waals surface area contributed by atoms with Crippen LogP contribution in [-0.4, -0.2) is 65.4 Å². The van der Waals surface area contributed by atoms with Crippen molar-refractivity contribution in [3.63, 3.8) is 0 Å². The second kappa shape index (κ2) is 29.8. The van der Waals surface area contributed by atoms with E-state index in [1.165, 1.54) is 57.1 Å². The number of rotatable bonds is 18. The number of carbonyl (C=O) groups is 3. The lowest BCUT2D eigenvalue weighted by Crippen LogP contribution is -2.34. The Morgan fingerprint density at radius 3 is 1.53 bits per heavy atom. The number of fused-ring (bicyclic) bond motifs is 3. The second-order valence-corrected chi connectivity index (χ2v) is 16.7. The topological polar surface area (TPSA) is 136 Å². The molecule has 0 saturated heterocycles. The lowest BCUT2D eigenvalue weighted by Gasteiger charge is -2.14. The smallest absolute Gasteiger partial charge is 0.407 e. The molecule has 4 aliphatic rings. The van der Waals surface area contributed by atoms with Gasteiger partial charge in [-0.25, -0.2) is 14.3 Å². The number of amides is 3. The van der Waals surface area contributed by atoms with E-state index >= 15 is 0 Å². The number of unbranched alkanes of at least 4 members (excludes halogenated alkanes) is 4. The number of ether oxygens (including phenoxy) is 2. The number of alkyl carbamates (subject to hydrolysis) is 2. The van der Waals surface area contributed by atoms with Crippen molar-refractivity contribution in [3.05, 3.63) is 11.4 Å². The Labute approximate surface area is 353 Å². The first kappa shape index (κ1) is 50.9. The molecule has 0 bridgehead atoms. The van der Waals surface area contributed by atoms with Gasteiger partial charge in [0.05, 0.1) is 24.6 Å². The molecule has 1 aromatic heterocycles. The van der Waals surface area contributed by atoms with Crippen molar-refractivity contribution >= 4 is 18.1 Å². The number of hydrogen-bond donors (Lipinski definition) is 3. The van der Waals surface area contributed by atoms with E-state index in [0.717, 1.165) is 94.7 Å². The van der Waals surface area contributed by atoms with Crippen LogP contribution in [0.5, 0.6) is 0 Å². The third-order valence-corrected chi connectivity index (χ3v) is 12.6. The first-order chi connectivity index (χ1) is 28.2. The zero-order valence-electron chi connectivity index (χ0n) is 38.3. The van der Waals surface area contributed by atoms with Crippen molar-refractivity contribution in [3.8, 4) is 11.8 Å². The molecule has 3 N–H and O–H groups in total. The molecule has 2 saturated carbocycles. The van der Waals surface area contributed by atoms with Crippen LogP contribution in [0.4, 0.5) is 9.59 Å². The predicted octanol–water partition coefficient (Wildman–Crippen LogP) is 10.2. The summed E-state index contributed by atoms with van der Waals surface area (Å²) in [5.41, 5.74) is 2.32. The highest BCUT2D eigenvalue weighted by atomic mass is 16.6. The molecule has 1 unspecified atom stereocenters. The molecule has 1 aromatic rings. The summed E-state index contributed by atoms with van der Waals surface area (Å²) in [5, 5.41) is 17.2. The number of hydrogen-bond acceptors (Lipinski definition) is 7. The van der Waals surface area contributed by atoms with Crippen molar-refractivity contribution < 1.29 is 23.9 Å². The highest BCUT2D eigenvalue weighted by Gasteiger charge is 2.51. The molecule has 1 heterocycles. The maximum absolute atomic E-state index is 12.0. The van der Waals surface area contributed by atoms with Crippen molar-refractivity contribution in [2.45, 2.75) is 202 Å². The molecule has 0 spiro atoms. The summed E-state index contributed by atoms with van der Waals surface area (Å²) in [6.07, 6.45) is 21.1. The van der Waals surface area contributed by atoms with Crippen LogP contribution < -0.4 is 16.0 Å². The van der Waals surface area contributed by atoms with E-state index in [0.29, 0.717) is 43.3 Å². The van der Waals surface area contributed by atoms with Gasteiger partial charge in [0.1, 0.15) is 0 Å². The van der Waals surface area contributed by atoms with Crippen LogP contribution in [0.3, 0.4) is 0 Å². The van der Waals surface area contributed by atoms with Crippen LogP contribution in [-0.2, 0) is 33.7 Å². The summed E-state index contributed by atoms with van der Waals surface area (Å²) < 4.78 is 12.9. The van der Waals surface area contributed by atoms with E-state index < -0.39 is 0 Å². The lowest BCUT2D eigenvalue weighted by molar-refractivity contribution is -0.120. The Bertz CT molecular complexity index is 1320. The minimum absolute atomic E-state index is 0.0601.